The molecule has 1 saturated carbocycles. The standard InChI is InChI=1S/C25H32FN3O2S/c1-5-20(8-6-18(4)31-17(2)3)32-29-15-24(25(16-29)11-12-25)28-23-14-19(26)7-9-21(23)22(27)10-13-30/h5-9,13-14,17,24,27-28H,1,10-12,15-16H2,2-4H3/b18-6+,20-8+,27-22?. The second-order valence-electron chi connectivity index (χ2n) is 8.73. The van der Waals surface area contributed by atoms with Crippen LogP contribution in [0.15, 0.2) is 53.7 Å². The van der Waals surface area contributed by atoms with Gasteiger partial charge in [0.1, 0.15) is 12.1 Å². The highest BCUT2D eigenvalue weighted by Gasteiger charge is 2.55. The predicted molar refractivity (Wildman–Crippen MR) is 130 cm³/mol. The summed E-state index contributed by atoms with van der Waals surface area (Å²) in [5.74, 6) is 0.503. The SMILES string of the molecule is C=C/C(=C\C=C(/C)OC(C)C)SN1CC(Nc2cc(F)ccc2C(=N)CC=O)C2(CC2)C1. The summed E-state index contributed by atoms with van der Waals surface area (Å²) in [4.78, 5) is 11.9. The Bertz CT molecular complexity index is 937. The van der Waals surface area contributed by atoms with E-state index in [-0.39, 0.29) is 35.5 Å². The van der Waals surface area contributed by atoms with Crippen molar-refractivity contribution in [3.8, 4) is 0 Å². The highest BCUT2D eigenvalue weighted by Crippen LogP contribution is 2.55. The van der Waals surface area contributed by atoms with Gasteiger partial charge < -0.3 is 20.3 Å². The van der Waals surface area contributed by atoms with Crippen molar-refractivity contribution in [2.75, 3.05) is 18.4 Å². The van der Waals surface area contributed by atoms with E-state index in [9.17, 15) is 9.18 Å². The lowest BCUT2D eigenvalue weighted by Crippen LogP contribution is -2.30. The molecular formula is C25H32FN3O2S. The zero-order valence-electron chi connectivity index (χ0n) is 19.0. The van der Waals surface area contributed by atoms with Crippen molar-refractivity contribution in [2.24, 2.45) is 5.41 Å². The molecule has 0 amide bonds. The fraction of sp³-hybridized carbons (Fsp3) is 0.440. The fourth-order valence-electron chi connectivity index (χ4n) is 4.03. The van der Waals surface area contributed by atoms with Crippen LogP contribution in [0.2, 0.25) is 0 Å². The Kier molecular flexibility index (Phi) is 7.96. The number of anilines is 1. The molecular weight excluding hydrogens is 425 g/mol. The number of hydrogen-bond acceptors (Lipinski definition) is 6. The highest BCUT2D eigenvalue weighted by atomic mass is 32.2. The first-order valence-corrected chi connectivity index (χ1v) is 11.7. The van der Waals surface area contributed by atoms with Gasteiger partial charge >= 0.3 is 0 Å². The number of aldehydes is 1. The third-order valence-electron chi connectivity index (χ3n) is 5.77. The van der Waals surface area contributed by atoms with Crippen LogP contribution in [-0.2, 0) is 9.53 Å². The zero-order valence-corrected chi connectivity index (χ0v) is 19.8. The molecule has 1 aliphatic carbocycles. The summed E-state index contributed by atoms with van der Waals surface area (Å²) in [5.41, 5.74) is 1.52. The number of nitrogens with zero attached hydrogens (tertiary/aromatic N) is 1. The van der Waals surface area contributed by atoms with E-state index in [1.54, 1.807) is 18.0 Å². The number of halogens is 1. The minimum absolute atomic E-state index is 0.0129. The Hall–Kier alpha value is -2.38. The van der Waals surface area contributed by atoms with Gasteiger partial charge in [-0.05, 0) is 75.9 Å². The smallest absolute Gasteiger partial charge is 0.125 e. The summed E-state index contributed by atoms with van der Waals surface area (Å²) < 4.78 is 22.0. The number of ether oxygens (including phenoxy) is 1. The molecule has 0 radical (unpaired) electrons. The molecule has 172 valence electrons. The summed E-state index contributed by atoms with van der Waals surface area (Å²) in [6, 6.07) is 4.49. The van der Waals surface area contributed by atoms with Crippen molar-refractivity contribution in [1.82, 2.24) is 4.31 Å². The van der Waals surface area contributed by atoms with Crippen LogP contribution in [0, 0.1) is 16.6 Å². The van der Waals surface area contributed by atoms with Gasteiger partial charge in [-0.3, -0.25) is 0 Å². The van der Waals surface area contributed by atoms with E-state index in [2.05, 4.69) is 16.2 Å². The second-order valence-corrected chi connectivity index (χ2v) is 9.90. The highest BCUT2D eigenvalue weighted by molar-refractivity contribution is 8.01. The molecule has 2 N–H and O–H groups in total. The average molecular weight is 458 g/mol. The topological polar surface area (TPSA) is 65.4 Å². The van der Waals surface area contributed by atoms with Crippen molar-refractivity contribution >= 4 is 29.6 Å². The van der Waals surface area contributed by atoms with Gasteiger partial charge in [-0.25, -0.2) is 8.70 Å². The van der Waals surface area contributed by atoms with Crippen molar-refractivity contribution < 1.29 is 13.9 Å². The maximum absolute atomic E-state index is 14.0. The molecule has 1 aliphatic heterocycles. The molecule has 1 atom stereocenters. The first-order chi connectivity index (χ1) is 15.3. The number of nitrogens with one attached hydrogen (secondary N) is 2. The van der Waals surface area contributed by atoms with Crippen molar-refractivity contribution in [1.29, 1.82) is 5.41 Å². The molecule has 1 heterocycles. The Morgan fingerprint density at radius 2 is 2.19 bits per heavy atom. The summed E-state index contributed by atoms with van der Waals surface area (Å²) in [7, 11) is 0. The number of allylic oxidation sites excluding steroid dienone is 4. The number of rotatable bonds is 11. The first-order valence-electron chi connectivity index (χ1n) is 10.9. The summed E-state index contributed by atoms with van der Waals surface area (Å²) in [6.45, 7) is 11.6. The number of carbonyl (C=O) groups excluding carboxylic acids is 1. The van der Waals surface area contributed by atoms with Crippen LogP contribution in [0.4, 0.5) is 10.1 Å². The minimum Gasteiger partial charge on any atom is -0.496 e. The van der Waals surface area contributed by atoms with Crippen molar-refractivity contribution in [2.45, 2.75) is 52.2 Å². The van der Waals surface area contributed by atoms with Gasteiger partial charge in [-0.2, -0.15) is 0 Å². The molecule has 2 aliphatic rings. The van der Waals surface area contributed by atoms with E-state index in [0.717, 1.165) is 36.6 Å². The lowest BCUT2D eigenvalue weighted by Gasteiger charge is -2.22. The first kappa shape index (κ1) is 24.3. The summed E-state index contributed by atoms with van der Waals surface area (Å²) in [6.07, 6.45) is 8.91. The zero-order chi connectivity index (χ0) is 23.3. The monoisotopic (exact) mass is 457 g/mol. The number of carbonyl (C=O) groups is 1. The predicted octanol–water partition coefficient (Wildman–Crippen LogP) is 5.71. The molecule has 32 heavy (non-hydrogen) atoms. The molecule has 1 saturated heterocycles. The molecule has 1 spiro atoms. The van der Waals surface area contributed by atoms with Crippen molar-refractivity contribution in [3.63, 3.8) is 0 Å². The van der Waals surface area contributed by atoms with Crippen LogP contribution < -0.4 is 5.32 Å². The second kappa shape index (κ2) is 10.5. The van der Waals surface area contributed by atoms with Crippen LogP contribution in [-0.4, -0.2) is 41.5 Å². The van der Waals surface area contributed by atoms with Gasteiger partial charge in [0.05, 0.1) is 11.9 Å². The van der Waals surface area contributed by atoms with Crippen molar-refractivity contribution in [3.05, 3.63) is 65.1 Å². The normalized spacial score (nSPS) is 20.5. The Morgan fingerprint density at radius 3 is 2.81 bits per heavy atom. The molecule has 7 heteroatoms. The fourth-order valence-corrected chi connectivity index (χ4v) is 5.08. The molecule has 0 aromatic heterocycles. The van der Waals surface area contributed by atoms with Crippen LogP contribution in [0.1, 0.15) is 45.6 Å². The average Bonchev–Trinajstić information content (AvgIpc) is 3.42. The lowest BCUT2D eigenvalue weighted by molar-refractivity contribution is -0.106. The third-order valence-corrected chi connectivity index (χ3v) is 6.82. The minimum atomic E-state index is -0.355. The Morgan fingerprint density at radius 1 is 1.44 bits per heavy atom. The molecule has 0 bridgehead atoms. The number of benzene rings is 1. The largest absolute Gasteiger partial charge is 0.496 e. The van der Waals surface area contributed by atoms with E-state index >= 15 is 0 Å². The maximum atomic E-state index is 14.0. The van der Waals surface area contributed by atoms with E-state index in [1.807, 2.05) is 39.0 Å². The van der Waals surface area contributed by atoms with Gasteiger partial charge in [0, 0.05) is 52.8 Å². The van der Waals surface area contributed by atoms with Gasteiger partial charge in [0.15, 0.2) is 0 Å². The van der Waals surface area contributed by atoms with Crippen LogP contribution >= 0.6 is 11.9 Å². The van der Waals surface area contributed by atoms with E-state index in [0.29, 0.717) is 17.5 Å². The van der Waals surface area contributed by atoms with E-state index in [1.165, 1.54) is 12.1 Å². The van der Waals surface area contributed by atoms with E-state index < -0.39 is 0 Å². The summed E-state index contributed by atoms with van der Waals surface area (Å²) in [5, 5.41) is 11.7. The van der Waals surface area contributed by atoms with Gasteiger partial charge in [0.2, 0.25) is 0 Å². The van der Waals surface area contributed by atoms with Crippen LogP contribution in [0.5, 0.6) is 0 Å². The summed E-state index contributed by atoms with van der Waals surface area (Å²) >= 11 is 1.67. The third kappa shape index (κ3) is 6.11. The molecule has 2 fully saturated rings. The molecule has 3 rings (SSSR count). The molecule has 1 aromatic carbocycles. The van der Waals surface area contributed by atoms with Crippen LogP contribution in [0.3, 0.4) is 0 Å². The molecule has 5 nitrogen and oxygen atoms in total. The maximum Gasteiger partial charge on any atom is 0.125 e. The Labute approximate surface area is 194 Å². The van der Waals surface area contributed by atoms with Gasteiger partial charge in [0.25, 0.3) is 0 Å². The van der Waals surface area contributed by atoms with Crippen LogP contribution in [0.25, 0.3) is 0 Å². The lowest BCUT2D eigenvalue weighted by atomic mass is 9.98. The number of hydrogen-bond donors (Lipinski definition) is 2. The molecule has 1 aromatic rings. The molecule has 1 unspecified atom stereocenters. The Balaban J connectivity index is 1.71. The van der Waals surface area contributed by atoms with Gasteiger partial charge in [-0.1, -0.05) is 12.7 Å². The quantitative estimate of drug-likeness (QED) is 0.147. The van der Waals surface area contributed by atoms with E-state index in [4.69, 9.17) is 10.1 Å². The van der Waals surface area contributed by atoms with Gasteiger partial charge in [-0.15, -0.1) is 0 Å².